The molecule has 0 aromatic carbocycles. The van der Waals surface area contributed by atoms with Crippen LogP contribution in [0.5, 0.6) is 0 Å². The molecule has 1 aliphatic rings. The van der Waals surface area contributed by atoms with Crippen LogP contribution in [0.1, 0.15) is 55.6 Å². The lowest BCUT2D eigenvalue weighted by Crippen LogP contribution is -2.30. The normalized spacial score (nSPS) is 23.5. The van der Waals surface area contributed by atoms with Crippen molar-refractivity contribution in [1.29, 1.82) is 0 Å². The van der Waals surface area contributed by atoms with Crippen LogP contribution in [0.4, 0.5) is 0 Å². The highest BCUT2D eigenvalue weighted by Crippen LogP contribution is 2.36. The third-order valence-corrected chi connectivity index (χ3v) is 4.93. The van der Waals surface area contributed by atoms with Crippen molar-refractivity contribution >= 4 is 11.3 Å². The maximum absolute atomic E-state index is 4.64. The molecule has 2 heterocycles. The molecule has 3 nitrogen and oxygen atoms in total. The molecule has 96 valence electrons. The van der Waals surface area contributed by atoms with Crippen LogP contribution in [0.15, 0.2) is 6.20 Å². The Balaban J connectivity index is 2.14. The first-order valence-electron chi connectivity index (χ1n) is 6.52. The van der Waals surface area contributed by atoms with E-state index in [0.717, 1.165) is 0 Å². The maximum atomic E-state index is 4.64. The molecule has 1 aromatic rings. The predicted octanol–water partition coefficient (Wildman–Crippen LogP) is 2.97. The van der Waals surface area contributed by atoms with Gasteiger partial charge in [0.2, 0.25) is 0 Å². The molecular formula is C13H23N3S. The molecule has 1 aromatic heterocycles. The van der Waals surface area contributed by atoms with Gasteiger partial charge in [0.25, 0.3) is 0 Å². The minimum absolute atomic E-state index is 0.412. The molecule has 1 fully saturated rings. The number of thiazole rings is 1. The smallest absolute Gasteiger partial charge is 0.110 e. The number of rotatable bonds is 4. The van der Waals surface area contributed by atoms with Gasteiger partial charge in [-0.05, 0) is 47.2 Å². The van der Waals surface area contributed by atoms with Crippen molar-refractivity contribution in [1.82, 2.24) is 15.2 Å². The predicted molar refractivity (Wildman–Crippen MR) is 73.4 cm³/mol. The first-order chi connectivity index (χ1) is 8.13. The summed E-state index contributed by atoms with van der Waals surface area (Å²) in [5.74, 6) is 0. The molecule has 4 heteroatoms. The van der Waals surface area contributed by atoms with Crippen molar-refractivity contribution < 1.29 is 0 Å². The summed E-state index contributed by atoms with van der Waals surface area (Å²) in [5.41, 5.74) is 0. The van der Waals surface area contributed by atoms with Crippen molar-refractivity contribution in [3.63, 3.8) is 0 Å². The lowest BCUT2D eigenvalue weighted by atomic mass is 10.2. The van der Waals surface area contributed by atoms with E-state index in [9.17, 15) is 0 Å². The maximum Gasteiger partial charge on any atom is 0.110 e. The molecule has 17 heavy (non-hydrogen) atoms. The monoisotopic (exact) mass is 253 g/mol. The summed E-state index contributed by atoms with van der Waals surface area (Å²) in [7, 11) is 2.00. The van der Waals surface area contributed by atoms with Crippen molar-refractivity contribution in [3.8, 4) is 0 Å². The van der Waals surface area contributed by atoms with E-state index in [4.69, 9.17) is 0 Å². The van der Waals surface area contributed by atoms with Crippen molar-refractivity contribution in [2.24, 2.45) is 0 Å². The summed E-state index contributed by atoms with van der Waals surface area (Å²) >= 11 is 1.87. The van der Waals surface area contributed by atoms with E-state index in [1.54, 1.807) is 0 Å². The van der Waals surface area contributed by atoms with Gasteiger partial charge in [0.1, 0.15) is 5.01 Å². The van der Waals surface area contributed by atoms with Gasteiger partial charge in [-0.25, -0.2) is 4.98 Å². The summed E-state index contributed by atoms with van der Waals surface area (Å²) in [6, 6.07) is 1.59. The van der Waals surface area contributed by atoms with Gasteiger partial charge >= 0.3 is 0 Å². The molecule has 1 aliphatic heterocycles. The van der Waals surface area contributed by atoms with Crippen molar-refractivity contribution in [2.75, 3.05) is 13.6 Å². The van der Waals surface area contributed by atoms with Crippen molar-refractivity contribution in [3.05, 3.63) is 16.1 Å². The Morgan fingerprint density at radius 1 is 1.47 bits per heavy atom. The summed E-state index contributed by atoms with van der Waals surface area (Å²) in [6.45, 7) is 7.97. The second-order valence-corrected chi connectivity index (χ2v) is 6.19. The van der Waals surface area contributed by atoms with E-state index < -0.39 is 0 Å². The van der Waals surface area contributed by atoms with E-state index in [2.05, 4.69) is 36.0 Å². The molecule has 1 N–H and O–H groups in total. The molecule has 0 spiro atoms. The fourth-order valence-corrected chi connectivity index (χ4v) is 3.61. The lowest BCUT2D eigenvalue weighted by molar-refractivity contribution is 0.205. The van der Waals surface area contributed by atoms with E-state index in [0.29, 0.717) is 18.1 Å². The zero-order chi connectivity index (χ0) is 12.4. The number of aromatic nitrogens is 1. The fraction of sp³-hybridized carbons (Fsp3) is 0.769. The van der Waals surface area contributed by atoms with Gasteiger partial charge in [0.05, 0.1) is 6.04 Å². The molecule has 2 unspecified atom stereocenters. The van der Waals surface area contributed by atoms with Crippen LogP contribution >= 0.6 is 11.3 Å². The van der Waals surface area contributed by atoms with Crippen molar-refractivity contribution in [2.45, 2.75) is 51.7 Å². The minimum atomic E-state index is 0.412. The molecule has 0 saturated carbocycles. The third-order valence-electron chi connectivity index (χ3n) is 3.64. The first-order valence-corrected chi connectivity index (χ1v) is 7.33. The Morgan fingerprint density at radius 3 is 2.88 bits per heavy atom. The number of nitrogens with one attached hydrogen (secondary N) is 1. The number of hydrogen-bond donors (Lipinski definition) is 1. The van der Waals surface area contributed by atoms with E-state index in [1.165, 1.54) is 29.3 Å². The second-order valence-electron chi connectivity index (χ2n) is 5.10. The second kappa shape index (κ2) is 5.46. The number of nitrogens with zero attached hydrogens (tertiary/aromatic N) is 2. The van der Waals surface area contributed by atoms with Gasteiger partial charge in [-0.1, -0.05) is 0 Å². The Labute approximate surface area is 108 Å². The first kappa shape index (κ1) is 13.0. The van der Waals surface area contributed by atoms with Gasteiger partial charge in [-0.2, -0.15) is 0 Å². The van der Waals surface area contributed by atoms with Crippen LogP contribution in [0.2, 0.25) is 0 Å². The average Bonchev–Trinajstić information content (AvgIpc) is 2.95. The summed E-state index contributed by atoms with van der Waals surface area (Å²) in [5, 5.41) is 4.58. The van der Waals surface area contributed by atoms with Crippen LogP contribution in [-0.4, -0.2) is 29.5 Å². The third kappa shape index (κ3) is 2.69. The number of hydrogen-bond acceptors (Lipinski definition) is 4. The molecule has 2 rings (SSSR count). The largest absolute Gasteiger partial charge is 0.312 e. The average molecular weight is 253 g/mol. The van der Waals surface area contributed by atoms with Gasteiger partial charge in [0.15, 0.2) is 0 Å². The van der Waals surface area contributed by atoms with Gasteiger partial charge in [-0.3, -0.25) is 4.90 Å². The molecule has 0 aliphatic carbocycles. The van der Waals surface area contributed by atoms with Crippen LogP contribution in [0.3, 0.4) is 0 Å². The highest BCUT2D eigenvalue weighted by atomic mass is 32.1. The topological polar surface area (TPSA) is 28.2 Å². The molecule has 0 radical (unpaired) electrons. The summed E-state index contributed by atoms with van der Waals surface area (Å²) in [6.07, 6.45) is 4.61. The van der Waals surface area contributed by atoms with Gasteiger partial charge < -0.3 is 5.32 Å². The highest BCUT2D eigenvalue weighted by molar-refractivity contribution is 7.11. The molecule has 0 bridgehead atoms. The molecule has 0 amide bonds. The SMILES string of the molecule is CNC(C)c1cnc(C2CCCN2C(C)C)s1. The quantitative estimate of drug-likeness (QED) is 0.894. The lowest BCUT2D eigenvalue weighted by Gasteiger charge is -2.26. The van der Waals surface area contributed by atoms with Gasteiger partial charge in [0, 0.05) is 23.2 Å². The molecule has 1 saturated heterocycles. The highest BCUT2D eigenvalue weighted by Gasteiger charge is 2.30. The fourth-order valence-electron chi connectivity index (χ4n) is 2.47. The van der Waals surface area contributed by atoms with Crippen LogP contribution in [0.25, 0.3) is 0 Å². The Kier molecular flexibility index (Phi) is 4.17. The molecule has 2 atom stereocenters. The Bertz CT molecular complexity index is 361. The van der Waals surface area contributed by atoms with Gasteiger partial charge in [-0.15, -0.1) is 11.3 Å². The Morgan fingerprint density at radius 2 is 2.24 bits per heavy atom. The van der Waals surface area contributed by atoms with E-state index >= 15 is 0 Å². The summed E-state index contributed by atoms with van der Waals surface area (Å²) < 4.78 is 0. The Hall–Kier alpha value is -0.450. The summed E-state index contributed by atoms with van der Waals surface area (Å²) in [4.78, 5) is 8.56. The zero-order valence-electron chi connectivity index (χ0n) is 11.2. The van der Waals surface area contributed by atoms with E-state index in [1.807, 2.05) is 24.6 Å². The van der Waals surface area contributed by atoms with Crippen LogP contribution < -0.4 is 5.32 Å². The zero-order valence-corrected chi connectivity index (χ0v) is 12.0. The molecular weight excluding hydrogens is 230 g/mol. The van der Waals surface area contributed by atoms with Crippen LogP contribution in [0, 0.1) is 0 Å². The minimum Gasteiger partial charge on any atom is -0.312 e. The van der Waals surface area contributed by atoms with E-state index in [-0.39, 0.29) is 0 Å². The van der Waals surface area contributed by atoms with Crippen LogP contribution in [-0.2, 0) is 0 Å². The number of likely N-dealkylation sites (tertiary alicyclic amines) is 1. The standard InChI is InChI=1S/C13H23N3S/c1-9(2)16-7-5-6-11(16)13-15-8-12(17-13)10(3)14-4/h8-11,14H,5-7H2,1-4H3.